The maximum atomic E-state index is 12.2. The van der Waals surface area contributed by atoms with Gasteiger partial charge >= 0.3 is 0 Å². The van der Waals surface area contributed by atoms with Gasteiger partial charge in [-0.25, -0.2) is 0 Å². The van der Waals surface area contributed by atoms with Crippen molar-refractivity contribution in [3.63, 3.8) is 0 Å². The van der Waals surface area contributed by atoms with Gasteiger partial charge in [-0.05, 0) is 39.3 Å². The fourth-order valence-electron chi connectivity index (χ4n) is 3.10. The molecular formula is C14H26N2O2. The van der Waals surface area contributed by atoms with Gasteiger partial charge in [0.05, 0.1) is 5.60 Å². The van der Waals surface area contributed by atoms with E-state index in [4.69, 9.17) is 4.74 Å². The Morgan fingerprint density at radius 3 is 2.39 bits per heavy atom. The van der Waals surface area contributed by atoms with Crippen LogP contribution in [0.2, 0.25) is 0 Å². The van der Waals surface area contributed by atoms with E-state index in [0.29, 0.717) is 0 Å². The fraction of sp³-hybridized carbons (Fsp3) is 0.929. The minimum atomic E-state index is -0.112. The normalized spacial score (nSPS) is 35.9. The van der Waals surface area contributed by atoms with E-state index >= 15 is 0 Å². The van der Waals surface area contributed by atoms with Gasteiger partial charge < -0.3 is 15.4 Å². The average molecular weight is 254 g/mol. The zero-order chi connectivity index (χ0) is 13.4. The van der Waals surface area contributed by atoms with Gasteiger partial charge in [-0.3, -0.25) is 4.79 Å². The van der Waals surface area contributed by atoms with Crippen molar-refractivity contribution >= 4 is 5.91 Å². The molecule has 1 amide bonds. The molecule has 1 aliphatic heterocycles. The quantitative estimate of drug-likeness (QED) is 0.798. The molecule has 0 unspecified atom stereocenters. The van der Waals surface area contributed by atoms with Gasteiger partial charge in [0.25, 0.3) is 0 Å². The third-order valence-electron chi connectivity index (χ3n) is 5.30. The van der Waals surface area contributed by atoms with Crippen LogP contribution < -0.4 is 10.6 Å². The molecule has 0 bridgehead atoms. The van der Waals surface area contributed by atoms with Gasteiger partial charge in [-0.15, -0.1) is 0 Å². The van der Waals surface area contributed by atoms with Crippen LogP contribution in [-0.2, 0) is 9.53 Å². The number of hydrogen-bond donors (Lipinski definition) is 2. The summed E-state index contributed by atoms with van der Waals surface area (Å²) in [4.78, 5) is 12.2. The molecule has 0 aromatic rings. The summed E-state index contributed by atoms with van der Waals surface area (Å²) in [6, 6.07) is 0.241. The van der Waals surface area contributed by atoms with Crippen LogP contribution in [0.25, 0.3) is 0 Å². The Hall–Kier alpha value is -0.610. The maximum absolute atomic E-state index is 12.2. The molecule has 2 atom stereocenters. The summed E-state index contributed by atoms with van der Waals surface area (Å²) in [6.45, 7) is 8.39. The van der Waals surface area contributed by atoms with E-state index in [1.54, 1.807) is 7.11 Å². The zero-order valence-electron chi connectivity index (χ0n) is 12.0. The molecule has 0 spiro atoms. The van der Waals surface area contributed by atoms with Crippen LogP contribution in [0.15, 0.2) is 0 Å². The van der Waals surface area contributed by atoms with Gasteiger partial charge in [0.2, 0.25) is 5.91 Å². The number of methoxy groups -OCH3 is 1. The van der Waals surface area contributed by atoms with Crippen molar-refractivity contribution in [1.29, 1.82) is 0 Å². The average Bonchev–Trinajstić information content (AvgIpc) is 2.38. The fourth-order valence-corrected chi connectivity index (χ4v) is 3.10. The standard InChI is InChI=1S/C14H26N2O2/c1-13(2)11(9-14(13,3)18-4)16-12(17)10-5-7-15-8-6-10/h10-11,15H,5-9H2,1-4H3,(H,16,17)/t11-,14-/m0/s1. The second-order valence-corrected chi connectivity index (χ2v) is 6.45. The predicted molar refractivity (Wildman–Crippen MR) is 71.3 cm³/mol. The van der Waals surface area contributed by atoms with Gasteiger partial charge in [0, 0.05) is 24.5 Å². The van der Waals surface area contributed by atoms with Crippen LogP contribution in [0.3, 0.4) is 0 Å². The maximum Gasteiger partial charge on any atom is 0.223 e. The number of amides is 1. The van der Waals surface area contributed by atoms with E-state index in [-0.39, 0.29) is 28.9 Å². The molecule has 2 rings (SSSR count). The zero-order valence-corrected chi connectivity index (χ0v) is 12.0. The minimum Gasteiger partial charge on any atom is -0.378 e. The molecule has 0 aromatic carbocycles. The van der Waals surface area contributed by atoms with Crippen LogP contribution in [0.1, 0.15) is 40.0 Å². The third kappa shape index (κ3) is 2.16. The molecule has 4 heteroatoms. The second-order valence-electron chi connectivity index (χ2n) is 6.45. The molecule has 1 saturated heterocycles. The highest BCUT2D eigenvalue weighted by Gasteiger charge is 2.58. The molecular weight excluding hydrogens is 228 g/mol. The first-order valence-electron chi connectivity index (χ1n) is 6.97. The van der Waals surface area contributed by atoms with Crippen LogP contribution in [0.5, 0.6) is 0 Å². The summed E-state index contributed by atoms with van der Waals surface area (Å²) in [5, 5.41) is 6.51. The number of carbonyl (C=O) groups is 1. The molecule has 104 valence electrons. The summed E-state index contributed by atoms with van der Waals surface area (Å²) in [5.41, 5.74) is -0.108. The Balaban J connectivity index is 1.89. The highest BCUT2D eigenvalue weighted by molar-refractivity contribution is 5.79. The lowest BCUT2D eigenvalue weighted by atomic mass is 9.55. The van der Waals surface area contributed by atoms with Crippen LogP contribution in [0, 0.1) is 11.3 Å². The minimum absolute atomic E-state index is 0.00429. The van der Waals surface area contributed by atoms with E-state index < -0.39 is 0 Å². The largest absolute Gasteiger partial charge is 0.378 e. The lowest BCUT2D eigenvalue weighted by Gasteiger charge is -2.59. The number of nitrogens with one attached hydrogen (secondary N) is 2. The molecule has 0 aromatic heterocycles. The van der Waals surface area contributed by atoms with Gasteiger partial charge in [0.15, 0.2) is 0 Å². The summed E-state index contributed by atoms with van der Waals surface area (Å²) < 4.78 is 5.58. The Morgan fingerprint density at radius 2 is 1.89 bits per heavy atom. The van der Waals surface area contributed by atoms with Crippen LogP contribution in [-0.4, -0.2) is 37.7 Å². The molecule has 18 heavy (non-hydrogen) atoms. The second kappa shape index (κ2) is 4.82. The SMILES string of the molecule is CO[C@@]1(C)C[C@H](NC(=O)C2CCNCC2)C1(C)C. The summed E-state index contributed by atoms with van der Waals surface area (Å²) in [7, 11) is 1.76. The highest BCUT2D eigenvalue weighted by Crippen LogP contribution is 2.51. The van der Waals surface area contributed by atoms with Crippen LogP contribution >= 0.6 is 0 Å². The van der Waals surface area contributed by atoms with Crippen LogP contribution in [0.4, 0.5) is 0 Å². The monoisotopic (exact) mass is 254 g/mol. The Labute approximate surface area is 110 Å². The van der Waals surface area contributed by atoms with E-state index in [2.05, 4.69) is 31.4 Å². The van der Waals surface area contributed by atoms with E-state index in [1.807, 2.05) is 0 Å². The van der Waals surface area contributed by atoms with Crippen molar-refractivity contribution in [2.24, 2.45) is 11.3 Å². The first-order chi connectivity index (χ1) is 8.40. The highest BCUT2D eigenvalue weighted by atomic mass is 16.5. The molecule has 1 aliphatic carbocycles. The number of carbonyl (C=O) groups excluding carboxylic acids is 1. The van der Waals surface area contributed by atoms with Crippen molar-refractivity contribution in [1.82, 2.24) is 10.6 Å². The summed E-state index contributed by atoms with van der Waals surface area (Å²) in [5.74, 6) is 0.421. The van der Waals surface area contributed by atoms with Gasteiger partial charge in [-0.2, -0.15) is 0 Å². The van der Waals surface area contributed by atoms with Crippen molar-refractivity contribution in [3.05, 3.63) is 0 Å². The van der Waals surface area contributed by atoms with Gasteiger partial charge in [-0.1, -0.05) is 13.8 Å². The van der Waals surface area contributed by atoms with E-state index in [9.17, 15) is 4.79 Å². The van der Waals surface area contributed by atoms with Crippen molar-refractivity contribution < 1.29 is 9.53 Å². The van der Waals surface area contributed by atoms with Crippen molar-refractivity contribution in [3.8, 4) is 0 Å². The summed E-state index contributed by atoms with van der Waals surface area (Å²) in [6.07, 6.45) is 2.83. The number of piperidine rings is 1. The summed E-state index contributed by atoms with van der Waals surface area (Å²) >= 11 is 0. The Kier molecular flexibility index (Phi) is 3.70. The number of rotatable bonds is 3. The lowest BCUT2D eigenvalue weighted by Crippen LogP contribution is -2.69. The van der Waals surface area contributed by atoms with E-state index in [0.717, 1.165) is 32.4 Å². The molecule has 1 saturated carbocycles. The smallest absolute Gasteiger partial charge is 0.223 e. The van der Waals surface area contributed by atoms with E-state index in [1.165, 1.54) is 0 Å². The lowest BCUT2D eigenvalue weighted by molar-refractivity contribution is -0.183. The van der Waals surface area contributed by atoms with Crippen molar-refractivity contribution in [2.75, 3.05) is 20.2 Å². The molecule has 2 fully saturated rings. The third-order valence-corrected chi connectivity index (χ3v) is 5.30. The molecule has 1 heterocycles. The molecule has 4 nitrogen and oxygen atoms in total. The number of ether oxygens (including phenoxy) is 1. The van der Waals surface area contributed by atoms with Crippen molar-refractivity contribution in [2.45, 2.75) is 51.7 Å². The first kappa shape index (κ1) is 13.8. The Morgan fingerprint density at radius 1 is 1.28 bits per heavy atom. The Bertz CT molecular complexity index is 324. The first-order valence-corrected chi connectivity index (χ1v) is 6.97. The predicted octanol–water partition coefficient (Wildman–Crippen LogP) is 1.31. The topological polar surface area (TPSA) is 50.4 Å². The molecule has 2 aliphatic rings. The number of hydrogen-bond acceptors (Lipinski definition) is 3. The molecule has 0 radical (unpaired) electrons. The molecule has 2 N–H and O–H groups in total. The van der Waals surface area contributed by atoms with Gasteiger partial charge in [0.1, 0.15) is 0 Å².